The summed E-state index contributed by atoms with van der Waals surface area (Å²) in [6, 6.07) is 10.6. The van der Waals surface area contributed by atoms with Gasteiger partial charge in [-0.25, -0.2) is 4.39 Å². The Labute approximate surface area is 133 Å². The highest BCUT2D eigenvalue weighted by Gasteiger charge is 2.29. The second kappa shape index (κ2) is 5.30. The summed E-state index contributed by atoms with van der Waals surface area (Å²) in [5.41, 5.74) is 1.82. The lowest BCUT2D eigenvalue weighted by atomic mass is 10.1. The van der Waals surface area contributed by atoms with Gasteiger partial charge in [0, 0.05) is 13.0 Å². The molecule has 1 fully saturated rings. The van der Waals surface area contributed by atoms with Crippen molar-refractivity contribution < 1.29 is 4.39 Å². The van der Waals surface area contributed by atoms with Gasteiger partial charge in [-0.1, -0.05) is 12.1 Å². The van der Waals surface area contributed by atoms with Crippen LogP contribution in [0.4, 0.5) is 10.2 Å². The average Bonchev–Trinajstić information content (AvgIpc) is 3.33. The van der Waals surface area contributed by atoms with Gasteiger partial charge in [0.15, 0.2) is 11.5 Å². The number of rotatable bonds is 4. The number of hydrogen-bond donors (Lipinski definition) is 0. The van der Waals surface area contributed by atoms with E-state index in [0.717, 1.165) is 35.7 Å². The second-order valence-corrected chi connectivity index (χ2v) is 6.13. The third kappa shape index (κ3) is 2.54. The first-order chi connectivity index (χ1) is 11.1. The fourth-order valence-corrected chi connectivity index (χ4v) is 2.74. The molecule has 1 aromatic carbocycles. The molecule has 2 aromatic heterocycles. The maximum atomic E-state index is 13.1. The highest BCUT2D eigenvalue weighted by Crippen LogP contribution is 2.38. The Balaban J connectivity index is 1.67. The number of nitrogens with zero attached hydrogens (tertiary/aromatic N) is 5. The summed E-state index contributed by atoms with van der Waals surface area (Å²) < 4.78 is 14.9. The van der Waals surface area contributed by atoms with Crippen LogP contribution in [-0.2, 0) is 0 Å². The van der Waals surface area contributed by atoms with Crippen LogP contribution < -0.4 is 4.90 Å². The number of benzene rings is 1. The van der Waals surface area contributed by atoms with Crippen LogP contribution in [-0.4, -0.2) is 26.9 Å². The maximum Gasteiger partial charge on any atom is 0.178 e. The molecule has 0 N–H and O–H groups in total. The van der Waals surface area contributed by atoms with E-state index in [1.807, 2.05) is 35.8 Å². The van der Waals surface area contributed by atoms with Crippen molar-refractivity contribution in [1.82, 2.24) is 19.8 Å². The van der Waals surface area contributed by atoms with Crippen molar-refractivity contribution in [2.24, 2.45) is 0 Å². The average molecular weight is 311 g/mol. The largest absolute Gasteiger partial charge is 0.351 e. The third-order valence-corrected chi connectivity index (χ3v) is 4.51. The van der Waals surface area contributed by atoms with Crippen molar-refractivity contribution in [2.75, 3.05) is 11.9 Å². The Bertz CT molecular complexity index is 838. The van der Waals surface area contributed by atoms with Crippen molar-refractivity contribution in [3.05, 3.63) is 53.6 Å². The fourth-order valence-electron chi connectivity index (χ4n) is 2.74. The Morgan fingerprint density at radius 1 is 1.13 bits per heavy atom. The number of fused-ring (bicyclic) bond motifs is 1. The van der Waals surface area contributed by atoms with E-state index >= 15 is 0 Å². The molecule has 0 amide bonds. The number of aromatic nitrogens is 4. The van der Waals surface area contributed by atoms with E-state index in [1.165, 1.54) is 12.1 Å². The van der Waals surface area contributed by atoms with Crippen molar-refractivity contribution in [3.63, 3.8) is 0 Å². The fraction of sp³-hybridized carbons (Fsp3) is 0.353. The minimum atomic E-state index is -0.221. The van der Waals surface area contributed by atoms with Crippen molar-refractivity contribution in [2.45, 2.75) is 31.7 Å². The van der Waals surface area contributed by atoms with Crippen LogP contribution in [0.25, 0.3) is 5.65 Å². The summed E-state index contributed by atoms with van der Waals surface area (Å²) in [6.07, 6.45) is 2.32. The molecule has 23 heavy (non-hydrogen) atoms. The Morgan fingerprint density at radius 2 is 1.87 bits per heavy atom. The molecule has 2 heterocycles. The van der Waals surface area contributed by atoms with Gasteiger partial charge in [0.1, 0.15) is 11.6 Å². The molecule has 1 atom stereocenters. The van der Waals surface area contributed by atoms with E-state index in [4.69, 9.17) is 5.10 Å². The summed E-state index contributed by atoms with van der Waals surface area (Å²) in [6.45, 7) is 2.08. The zero-order valence-corrected chi connectivity index (χ0v) is 13.1. The molecule has 4 rings (SSSR count). The van der Waals surface area contributed by atoms with Gasteiger partial charge in [-0.15, -0.1) is 15.3 Å². The Hall–Kier alpha value is -2.50. The minimum absolute atomic E-state index is 0.0846. The second-order valence-electron chi connectivity index (χ2n) is 6.13. The van der Waals surface area contributed by atoms with Crippen LogP contribution >= 0.6 is 0 Å². The smallest absolute Gasteiger partial charge is 0.178 e. The summed E-state index contributed by atoms with van der Waals surface area (Å²) in [5, 5.41) is 13.1. The predicted molar refractivity (Wildman–Crippen MR) is 86.0 cm³/mol. The molecule has 1 aliphatic rings. The molecule has 0 bridgehead atoms. The molecule has 0 radical (unpaired) electrons. The first kappa shape index (κ1) is 14.1. The monoisotopic (exact) mass is 311 g/mol. The maximum absolute atomic E-state index is 13.1. The molecule has 0 spiro atoms. The van der Waals surface area contributed by atoms with Gasteiger partial charge in [-0.05, 0) is 49.6 Å². The van der Waals surface area contributed by atoms with Gasteiger partial charge < -0.3 is 4.90 Å². The molecule has 1 aliphatic carbocycles. The third-order valence-electron chi connectivity index (χ3n) is 4.51. The molecule has 118 valence electrons. The van der Waals surface area contributed by atoms with Crippen molar-refractivity contribution in [1.29, 1.82) is 0 Å². The first-order valence-corrected chi connectivity index (χ1v) is 7.84. The van der Waals surface area contributed by atoms with Crippen LogP contribution in [0, 0.1) is 5.82 Å². The summed E-state index contributed by atoms with van der Waals surface area (Å²) in [7, 11) is 1.99. The number of halogens is 1. The lowest BCUT2D eigenvalue weighted by molar-refractivity contribution is 0.624. The highest BCUT2D eigenvalue weighted by atomic mass is 19.1. The molecule has 6 heteroatoms. The topological polar surface area (TPSA) is 46.3 Å². The molecule has 1 unspecified atom stereocenters. The zero-order chi connectivity index (χ0) is 16.0. The van der Waals surface area contributed by atoms with Gasteiger partial charge >= 0.3 is 0 Å². The Kier molecular flexibility index (Phi) is 3.25. The molecular weight excluding hydrogens is 293 g/mol. The molecule has 5 nitrogen and oxygen atoms in total. The van der Waals surface area contributed by atoms with Gasteiger partial charge in [0.25, 0.3) is 0 Å². The van der Waals surface area contributed by atoms with Gasteiger partial charge in [0.2, 0.25) is 0 Å². The van der Waals surface area contributed by atoms with E-state index in [9.17, 15) is 4.39 Å². The first-order valence-electron chi connectivity index (χ1n) is 7.84. The number of anilines is 1. The van der Waals surface area contributed by atoms with Crippen LogP contribution in [0.15, 0.2) is 36.4 Å². The molecular formula is C17H18FN5. The van der Waals surface area contributed by atoms with Crippen LogP contribution in [0.2, 0.25) is 0 Å². The zero-order valence-electron chi connectivity index (χ0n) is 13.1. The van der Waals surface area contributed by atoms with Crippen LogP contribution in [0.1, 0.15) is 43.1 Å². The lowest BCUT2D eigenvalue weighted by Gasteiger charge is -2.26. The quantitative estimate of drug-likeness (QED) is 0.741. The standard InChI is InChI=1S/C17H18FN5/c1-11(12-5-7-14(18)8-6-12)22(2)16-10-9-15-19-20-17(13-3-4-13)23(15)21-16/h5-11,13H,3-4H2,1-2H3. The van der Waals surface area contributed by atoms with Crippen LogP contribution in [0.3, 0.4) is 0 Å². The van der Waals surface area contributed by atoms with E-state index in [1.54, 1.807) is 0 Å². The lowest BCUT2D eigenvalue weighted by Crippen LogP contribution is -2.23. The van der Waals surface area contributed by atoms with Gasteiger partial charge in [-0.3, -0.25) is 0 Å². The molecule has 3 aromatic rings. The molecule has 0 aliphatic heterocycles. The normalized spacial score (nSPS) is 15.8. The van der Waals surface area contributed by atoms with Gasteiger partial charge in [0.05, 0.1) is 6.04 Å². The Morgan fingerprint density at radius 3 is 2.57 bits per heavy atom. The summed E-state index contributed by atoms with van der Waals surface area (Å²) in [5.74, 6) is 2.06. The summed E-state index contributed by atoms with van der Waals surface area (Å²) >= 11 is 0. The van der Waals surface area contributed by atoms with Crippen molar-refractivity contribution >= 4 is 11.5 Å². The van der Waals surface area contributed by atoms with Gasteiger partial charge in [-0.2, -0.15) is 4.52 Å². The van der Waals surface area contributed by atoms with E-state index in [0.29, 0.717) is 5.92 Å². The highest BCUT2D eigenvalue weighted by molar-refractivity contribution is 5.47. The molecule has 0 saturated heterocycles. The van der Waals surface area contributed by atoms with E-state index in [2.05, 4.69) is 22.0 Å². The van der Waals surface area contributed by atoms with E-state index in [-0.39, 0.29) is 11.9 Å². The van der Waals surface area contributed by atoms with Crippen LogP contribution in [0.5, 0.6) is 0 Å². The van der Waals surface area contributed by atoms with E-state index < -0.39 is 0 Å². The predicted octanol–water partition coefficient (Wildman–Crippen LogP) is 3.34. The summed E-state index contributed by atoms with van der Waals surface area (Å²) in [4.78, 5) is 2.07. The number of hydrogen-bond acceptors (Lipinski definition) is 4. The molecule has 1 saturated carbocycles. The SMILES string of the molecule is CC(c1ccc(F)cc1)N(C)c1ccc2nnc(C3CC3)n2n1. The van der Waals surface area contributed by atoms with Crippen molar-refractivity contribution in [3.8, 4) is 0 Å². The minimum Gasteiger partial charge on any atom is -0.351 e.